The molecule has 0 spiro atoms. The topological polar surface area (TPSA) is 50.9 Å². The first-order valence-electron chi connectivity index (χ1n) is 6.01. The van der Waals surface area contributed by atoms with Crippen molar-refractivity contribution in [1.29, 1.82) is 0 Å². The van der Waals surface area contributed by atoms with E-state index < -0.39 is 11.6 Å². The molecule has 0 saturated heterocycles. The molecule has 0 atom stereocenters. The van der Waals surface area contributed by atoms with Gasteiger partial charge in [-0.15, -0.1) is 0 Å². The van der Waals surface area contributed by atoms with E-state index in [-0.39, 0.29) is 5.69 Å². The molecule has 5 heteroatoms. The predicted octanol–water partition coefficient (Wildman–Crippen LogP) is 3.84. The lowest BCUT2D eigenvalue weighted by Crippen LogP contribution is -2.01. The van der Waals surface area contributed by atoms with Crippen LogP contribution in [-0.2, 0) is 0 Å². The molecule has 2 aromatic carbocycles. The highest BCUT2D eigenvalue weighted by Crippen LogP contribution is 2.31. The molecule has 3 nitrogen and oxygen atoms in total. The van der Waals surface area contributed by atoms with E-state index in [9.17, 15) is 8.78 Å². The molecule has 3 rings (SSSR count). The molecule has 0 aliphatic carbocycles. The average Bonchev–Trinajstić information content (AvgIpc) is 2.45. The maximum atomic E-state index is 13.6. The maximum Gasteiger partial charge on any atom is 0.149 e. The molecular formula is C15H11F2N3. The fourth-order valence-corrected chi connectivity index (χ4v) is 2.04. The van der Waals surface area contributed by atoms with Crippen molar-refractivity contribution >= 4 is 28.0 Å². The summed E-state index contributed by atoms with van der Waals surface area (Å²) in [5, 5.41) is 3.43. The third-order valence-electron chi connectivity index (χ3n) is 3.05. The molecule has 100 valence electrons. The SMILES string of the molecule is Nc1c(Nc2c(F)cccc2F)ccc2ncccc12. The standard InChI is InChI=1S/C15H11F2N3/c16-10-4-1-5-11(17)15(10)20-13-7-6-12-9(14(13)18)3-2-8-19-12/h1-8,20H,18H2. The fourth-order valence-electron chi connectivity index (χ4n) is 2.04. The minimum absolute atomic E-state index is 0.220. The third-order valence-corrected chi connectivity index (χ3v) is 3.05. The van der Waals surface area contributed by atoms with Gasteiger partial charge < -0.3 is 11.1 Å². The van der Waals surface area contributed by atoms with Gasteiger partial charge in [-0.05, 0) is 36.4 Å². The van der Waals surface area contributed by atoms with Crippen LogP contribution in [0, 0.1) is 11.6 Å². The van der Waals surface area contributed by atoms with E-state index in [1.807, 2.05) is 0 Å². The van der Waals surface area contributed by atoms with Crippen LogP contribution in [0.15, 0.2) is 48.7 Å². The van der Waals surface area contributed by atoms with Crippen molar-refractivity contribution in [1.82, 2.24) is 4.98 Å². The van der Waals surface area contributed by atoms with E-state index in [2.05, 4.69) is 10.3 Å². The number of hydrogen-bond acceptors (Lipinski definition) is 3. The van der Waals surface area contributed by atoms with Gasteiger partial charge in [0.1, 0.15) is 17.3 Å². The molecule has 0 amide bonds. The van der Waals surface area contributed by atoms with E-state index in [1.54, 1.807) is 30.5 Å². The largest absolute Gasteiger partial charge is 0.396 e. The number of para-hydroxylation sites is 1. The number of nitrogen functional groups attached to an aromatic ring is 1. The lowest BCUT2D eigenvalue weighted by Gasteiger charge is -2.12. The van der Waals surface area contributed by atoms with Crippen LogP contribution in [0.25, 0.3) is 10.9 Å². The molecule has 3 N–H and O–H groups in total. The first-order chi connectivity index (χ1) is 9.66. The Morgan fingerprint density at radius 1 is 0.950 bits per heavy atom. The smallest absolute Gasteiger partial charge is 0.149 e. The summed E-state index contributed by atoms with van der Waals surface area (Å²) in [5.41, 5.74) is 7.37. The van der Waals surface area contributed by atoms with Gasteiger partial charge in [-0.2, -0.15) is 0 Å². The molecule has 1 heterocycles. The molecule has 3 aromatic rings. The number of fused-ring (bicyclic) bond motifs is 1. The van der Waals surface area contributed by atoms with Crippen molar-refractivity contribution in [3.8, 4) is 0 Å². The van der Waals surface area contributed by atoms with Crippen molar-refractivity contribution < 1.29 is 8.78 Å². The zero-order chi connectivity index (χ0) is 14.1. The maximum absolute atomic E-state index is 13.6. The van der Waals surface area contributed by atoms with Gasteiger partial charge >= 0.3 is 0 Å². The van der Waals surface area contributed by atoms with E-state index in [0.717, 1.165) is 10.9 Å². The number of aromatic nitrogens is 1. The summed E-state index contributed by atoms with van der Waals surface area (Å²) in [6.45, 7) is 0. The number of benzene rings is 2. The summed E-state index contributed by atoms with van der Waals surface area (Å²) >= 11 is 0. The number of nitrogens with two attached hydrogens (primary N) is 1. The molecule has 1 aromatic heterocycles. The zero-order valence-corrected chi connectivity index (χ0v) is 10.4. The number of nitrogens with one attached hydrogen (secondary N) is 1. The Bertz CT molecular complexity index is 767. The molecule has 0 bridgehead atoms. The van der Waals surface area contributed by atoms with Gasteiger partial charge in [0, 0.05) is 11.6 Å². The Hall–Kier alpha value is -2.69. The Balaban J connectivity index is 2.10. The number of pyridine rings is 1. The van der Waals surface area contributed by atoms with Gasteiger partial charge in [0.25, 0.3) is 0 Å². The van der Waals surface area contributed by atoms with Crippen LogP contribution in [-0.4, -0.2) is 4.98 Å². The first kappa shape index (κ1) is 12.3. The summed E-state index contributed by atoms with van der Waals surface area (Å²) in [6.07, 6.45) is 1.66. The van der Waals surface area contributed by atoms with Crippen molar-refractivity contribution in [2.75, 3.05) is 11.1 Å². The molecule has 0 saturated carbocycles. The van der Waals surface area contributed by atoms with Crippen LogP contribution in [0.4, 0.5) is 25.8 Å². The summed E-state index contributed by atoms with van der Waals surface area (Å²) in [5.74, 6) is -1.34. The highest BCUT2D eigenvalue weighted by molar-refractivity contribution is 5.97. The Morgan fingerprint density at radius 3 is 2.45 bits per heavy atom. The number of hydrogen-bond donors (Lipinski definition) is 2. The minimum Gasteiger partial charge on any atom is -0.396 e. The second-order valence-corrected chi connectivity index (χ2v) is 4.32. The van der Waals surface area contributed by atoms with E-state index in [0.29, 0.717) is 11.4 Å². The number of halogens is 2. The first-order valence-corrected chi connectivity index (χ1v) is 6.01. The van der Waals surface area contributed by atoms with Crippen LogP contribution in [0.1, 0.15) is 0 Å². The van der Waals surface area contributed by atoms with Gasteiger partial charge in [0.05, 0.1) is 16.9 Å². The van der Waals surface area contributed by atoms with E-state index in [1.165, 1.54) is 18.2 Å². The third kappa shape index (κ3) is 2.03. The Kier molecular flexibility index (Phi) is 2.95. The van der Waals surface area contributed by atoms with Gasteiger partial charge in [0.2, 0.25) is 0 Å². The van der Waals surface area contributed by atoms with Crippen molar-refractivity contribution in [2.24, 2.45) is 0 Å². The molecule has 20 heavy (non-hydrogen) atoms. The van der Waals surface area contributed by atoms with Crippen LogP contribution < -0.4 is 11.1 Å². The van der Waals surface area contributed by atoms with Gasteiger partial charge in [-0.25, -0.2) is 8.78 Å². The number of anilines is 3. The van der Waals surface area contributed by atoms with Crippen LogP contribution in [0.5, 0.6) is 0 Å². The fraction of sp³-hybridized carbons (Fsp3) is 0. The van der Waals surface area contributed by atoms with Crippen LogP contribution in [0.2, 0.25) is 0 Å². The molecule has 0 aliphatic rings. The quantitative estimate of drug-likeness (QED) is 0.696. The highest BCUT2D eigenvalue weighted by Gasteiger charge is 2.11. The van der Waals surface area contributed by atoms with Crippen molar-refractivity contribution in [2.45, 2.75) is 0 Å². The lowest BCUT2D eigenvalue weighted by molar-refractivity contribution is 0.591. The Morgan fingerprint density at radius 2 is 1.70 bits per heavy atom. The second-order valence-electron chi connectivity index (χ2n) is 4.32. The molecular weight excluding hydrogens is 260 g/mol. The molecule has 0 aliphatic heterocycles. The van der Waals surface area contributed by atoms with Gasteiger partial charge in [-0.3, -0.25) is 4.98 Å². The van der Waals surface area contributed by atoms with Crippen molar-refractivity contribution in [3.63, 3.8) is 0 Å². The summed E-state index contributed by atoms with van der Waals surface area (Å²) in [6, 6.07) is 10.6. The predicted molar refractivity (Wildman–Crippen MR) is 75.8 cm³/mol. The van der Waals surface area contributed by atoms with Crippen molar-refractivity contribution in [3.05, 3.63) is 60.3 Å². The molecule has 0 radical (unpaired) electrons. The van der Waals surface area contributed by atoms with E-state index in [4.69, 9.17) is 5.73 Å². The summed E-state index contributed by atoms with van der Waals surface area (Å²) < 4.78 is 27.3. The number of rotatable bonds is 2. The van der Waals surface area contributed by atoms with Gasteiger partial charge in [0.15, 0.2) is 0 Å². The zero-order valence-electron chi connectivity index (χ0n) is 10.4. The Labute approximate surface area is 114 Å². The second kappa shape index (κ2) is 4.77. The molecule has 0 fully saturated rings. The van der Waals surface area contributed by atoms with E-state index >= 15 is 0 Å². The number of nitrogens with zero attached hydrogens (tertiary/aromatic N) is 1. The lowest BCUT2D eigenvalue weighted by atomic mass is 10.1. The van der Waals surface area contributed by atoms with Gasteiger partial charge in [-0.1, -0.05) is 6.07 Å². The van der Waals surface area contributed by atoms with Crippen LogP contribution in [0.3, 0.4) is 0 Å². The monoisotopic (exact) mass is 271 g/mol. The normalized spacial score (nSPS) is 10.7. The average molecular weight is 271 g/mol. The highest BCUT2D eigenvalue weighted by atomic mass is 19.1. The summed E-state index contributed by atoms with van der Waals surface area (Å²) in [4.78, 5) is 4.17. The summed E-state index contributed by atoms with van der Waals surface area (Å²) in [7, 11) is 0. The minimum atomic E-state index is -0.671. The molecule has 0 unspecified atom stereocenters. The van der Waals surface area contributed by atoms with Crippen LogP contribution >= 0.6 is 0 Å².